The van der Waals surface area contributed by atoms with Gasteiger partial charge < -0.3 is 23.7 Å². The van der Waals surface area contributed by atoms with Crippen molar-refractivity contribution in [1.82, 2.24) is 4.90 Å². The molecule has 0 bridgehead atoms. The molecule has 1 amide bonds. The van der Waals surface area contributed by atoms with Crippen LogP contribution in [0, 0.1) is 36.5 Å². The van der Waals surface area contributed by atoms with E-state index in [0.29, 0.717) is 5.56 Å². The van der Waals surface area contributed by atoms with E-state index in [0.717, 1.165) is 27.8 Å². The zero-order valence-electron chi connectivity index (χ0n) is 27.3. The van der Waals surface area contributed by atoms with Crippen LogP contribution in [0.3, 0.4) is 0 Å². The number of ether oxygens (including phenoxy) is 5. The molecule has 1 saturated heterocycles. The second kappa shape index (κ2) is 16.4. The third-order valence-electron chi connectivity index (χ3n) is 7.76. The van der Waals surface area contributed by atoms with Crippen LogP contribution in [0.25, 0.3) is 0 Å². The molecule has 0 radical (unpaired) electrons. The maximum absolute atomic E-state index is 13.6. The lowest BCUT2D eigenvalue weighted by atomic mass is 9.88. The smallest absolute Gasteiger partial charge is 0.414 e. The molecule has 4 atom stereocenters. The van der Waals surface area contributed by atoms with Gasteiger partial charge >= 0.3 is 18.0 Å². The first kappa shape index (κ1) is 35.4. The minimum atomic E-state index is -1.56. The van der Waals surface area contributed by atoms with Gasteiger partial charge in [-0.05, 0) is 57.5 Å². The number of rotatable bonds is 12. The van der Waals surface area contributed by atoms with Crippen molar-refractivity contribution in [2.45, 2.75) is 58.2 Å². The van der Waals surface area contributed by atoms with Gasteiger partial charge in [0.15, 0.2) is 6.10 Å². The quantitative estimate of drug-likeness (QED) is 0.102. The molecular weight excluding hydrogens is 614 g/mol. The summed E-state index contributed by atoms with van der Waals surface area (Å²) in [6.45, 7) is 6.31. The zero-order valence-corrected chi connectivity index (χ0v) is 27.3. The van der Waals surface area contributed by atoms with Crippen molar-refractivity contribution in [3.05, 3.63) is 118 Å². The number of aryl methyl sites for hydroxylation is 2. The molecular formula is C37H37N3O8. The Kier molecular flexibility index (Phi) is 12.1. The van der Waals surface area contributed by atoms with Gasteiger partial charge in [-0.1, -0.05) is 65.7 Å². The van der Waals surface area contributed by atoms with Gasteiger partial charge in [0, 0.05) is 6.20 Å². The molecule has 3 aromatic carbocycles. The van der Waals surface area contributed by atoms with E-state index in [2.05, 4.69) is 6.07 Å². The zero-order chi connectivity index (χ0) is 34.7. The number of nitriles is 2. The molecule has 1 aliphatic rings. The van der Waals surface area contributed by atoms with E-state index < -0.39 is 48.5 Å². The summed E-state index contributed by atoms with van der Waals surface area (Å²) in [5.41, 5.74) is 1.60. The van der Waals surface area contributed by atoms with Crippen LogP contribution in [0.1, 0.15) is 51.3 Å². The van der Waals surface area contributed by atoms with Crippen molar-refractivity contribution in [3.63, 3.8) is 0 Å². The molecule has 11 heteroatoms. The minimum Gasteiger partial charge on any atom is -0.459 e. The van der Waals surface area contributed by atoms with Gasteiger partial charge in [-0.25, -0.2) is 14.4 Å². The van der Waals surface area contributed by atoms with Crippen molar-refractivity contribution in [1.29, 1.82) is 10.5 Å². The molecule has 0 N–H and O–H groups in total. The number of amides is 1. The predicted octanol–water partition coefficient (Wildman–Crippen LogP) is 5.82. The summed E-state index contributed by atoms with van der Waals surface area (Å²) in [7, 11) is 0. The monoisotopic (exact) mass is 651 g/mol. The number of nitrogens with zero attached hydrogens (tertiary/aromatic N) is 3. The Morgan fingerprint density at radius 1 is 0.896 bits per heavy atom. The van der Waals surface area contributed by atoms with Crippen molar-refractivity contribution < 1.29 is 38.1 Å². The Morgan fingerprint density at radius 3 is 2.06 bits per heavy atom. The summed E-state index contributed by atoms with van der Waals surface area (Å²) in [4.78, 5) is 40.2. The van der Waals surface area contributed by atoms with Gasteiger partial charge in [-0.2, -0.15) is 10.5 Å². The predicted molar refractivity (Wildman–Crippen MR) is 173 cm³/mol. The van der Waals surface area contributed by atoms with Gasteiger partial charge in [0.2, 0.25) is 0 Å². The topological polar surface area (TPSA) is 148 Å². The number of esters is 2. The standard InChI is InChI=1S/C37H37N3O8/c1-5-44-36(43)40(20-19-38)22-30(21-39)32-37(4,46-23-27-9-7-6-8-10-27)33(48-35(42)29-17-13-26(3)14-18-29)31(47-32)24-45-34(41)28-15-11-25(2)12-16-28/h6-18,22,31-33H,5,20,23-24H2,1-4H3/t31?,32-,33+,37-/m0/s1. The average molecular weight is 652 g/mol. The SMILES string of the molecule is CCOC(=O)N(C=C(C#N)[C@@H]1OC(COC(=O)c2ccc(C)cc2)[C@@H](OC(=O)c2ccc(C)cc2)[C@@]1(C)OCc1ccccc1)CC#N. The highest BCUT2D eigenvalue weighted by molar-refractivity contribution is 5.90. The van der Waals surface area contributed by atoms with E-state index in [1.807, 2.05) is 50.2 Å². The van der Waals surface area contributed by atoms with Crippen molar-refractivity contribution in [3.8, 4) is 12.1 Å². The average Bonchev–Trinajstić information content (AvgIpc) is 3.36. The van der Waals surface area contributed by atoms with Crippen LogP contribution in [-0.2, 0) is 30.3 Å². The van der Waals surface area contributed by atoms with Crippen LogP contribution >= 0.6 is 0 Å². The van der Waals surface area contributed by atoms with Gasteiger partial charge in [0.1, 0.15) is 31.0 Å². The highest BCUT2D eigenvalue weighted by Gasteiger charge is 2.59. The lowest BCUT2D eigenvalue weighted by molar-refractivity contribution is -0.119. The first-order valence-corrected chi connectivity index (χ1v) is 15.4. The first-order chi connectivity index (χ1) is 23.1. The number of carbonyl (C=O) groups is 3. The van der Waals surface area contributed by atoms with Gasteiger partial charge in [-0.15, -0.1) is 0 Å². The maximum Gasteiger partial charge on any atom is 0.414 e. The number of hydrogen-bond acceptors (Lipinski definition) is 10. The van der Waals surface area contributed by atoms with E-state index in [4.69, 9.17) is 23.7 Å². The van der Waals surface area contributed by atoms with E-state index in [1.54, 1.807) is 62.4 Å². The summed E-state index contributed by atoms with van der Waals surface area (Å²) in [6, 6.07) is 26.8. The molecule has 1 aliphatic heterocycles. The van der Waals surface area contributed by atoms with Gasteiger partial charge in [-0.3, -0.25) is 4.90 Å². The van der Waals surface area contributed by atoms with Gasteiger partial charge in [0.05, 0.1) is 42.1 Å². The highest BCUT2D eigenvalue weighted by Crippen LogP contribution is 2.41. The molecule has 0 aromatic heterocycles. The molecule has 0 saturated carbocycles. The lowest BCUT2D eigenvalue weighted by Crippen LogP contribution is -2.51. The number of hydrogen-bond donors (Lipinski definition) is 0. The van der Waals surface area contributed by atoms with Crippen LogP contribution in [0.2, 0.25) is 0 Å². The Hall–Kier alpha value is -5.49. The fourth-order valence-electron chi connectivity index (χ4n) is 5.14. The fourth-order valence-corrected chi connectivity index (χ4v) is 5.14. The minimum absolute atomic E-state index is 0.0319. The Bertz CT molecular complexity index is 1690. The lowest BCUT2D eigenvalue weighted by Gasteiger charge is -2.35. The second-order valence-electron chi connectivity index (χ2n) is 11.4. The molecule has 4 rings (SSSR count). The summed E-state index contributed by atoms with van der Waals surface area (Å²) in [6.07, 6.45) is -3.25. The number of benzene rings is 3. The molecule has 3 aromatic rings. The third kappa shape index (κ3) is 8.65. The van der Waals surface area contributed by atoms with Crippen molar-refractivity contribution >= 4 is 18.0 Å². The molecule has 48 heavy (non-hydrogen) atoms. The van der Waals surface area contributed by atoms with E-state index in [-0.39, 0.29) is 31.0 Å². The normalized spacial score (nSPS) is 20.2. The Balaban J connectivity index is 1.76. The molecule has 11 nitrogen and oxygen atoms in total. The van der Waals surface area contributed by atoms with Crippen LogP contribution < -0.4 is 0 Å². The van der Waals surface area contributed by atoms with Crippen molar-refractivity contribution in [2.24, 2.45) is 0 Å². The second-order valence-corrected chi connectivity index (χ2v) is 11.4. The van der Waals surface area contributed by atoms with Crippen LogP contribution in [-0.4, -0.2) is 66.6 Å². The highest BCUT2D eigenvalue weighted by atomic mass is 16.6. The Morgan fingerprint density at radius 2 is 1.50 bits per heavy atom. The third-order valence-corrected chi connectivity index (χ3v) is 7.76. The maximum atomic E-state index is 13.6. The van der Waals surface area contributed by atoms with E-state index in [9.17, 15) is 24.9 Å². The Labute approximate surface area is 279 Å². The number of carbonyl (C=O) groups excluding carboxylic acids is 3. The fraction of sp³-hybridized carbons (Fsp3) is 0.324. The largest absolute Gasteiger partial charge is 0.459 e. The summed E-state index contributed by atoms with van der Waals surface area (Å²) >= 11 is 0. The summed E-state index contributed by atoms with van der Waals surface area (Å²) < 4.78 is 29.7. The van der Waals surface area contributed by atoms with Gasteiger partial charge in [0.25, 0.3) is 0 Å². The first-order valence-electron chi connectivity index (χ1n) is 15.4. The molecule has 1 fully saturated rings. The molecule has 1 unspecified atom stereocenters. The van der Waals surface area contributed by atoms with E-state index in [1.165, 1.54) is 0 Å². The molecule has 0 aliphatic carbocycles. The summed E-state index contributed by atoms with van der Waals surface area (Å²) in [5.74, 6) is -1.31. The molecule has 1 heterocycles. The van der Waals surface area contributed by atoms with Crippen LogP contribution in [0.4, 0.5) is 4.79 Å². The molecule has 248 valence electrons. The molecule has 0 spiro atoms. The summed E-state index contributed by atoms with van der Waals surface area (Å²) in [5, 5.41) is 19.8. The van der Waals surface area contributed by atoms with Crippen LogP contribution in [0.5, 0.6) is 0 Å². The van der Waals surface area contributed by atoms with Crippen LogP contribution in [0.15, 0.2) is 90.6 Å². The van der Waals surface area contributed by atoms with E-state index >= 15 is 0 Å². The van der Waals surface area contributed by atoms with Crippen molar-refractivity contribution in [2.75, 3.05) is 19.8 Å².